The predicted molar refractivity (Wildman–Crippen MR) is 32.4 cm³/mol. The summed E-state index contributed by atoms with van der Waals surface area (Å²) in [4.78, 5) is 0. The molecular formula is C6H11N2. The van der Waals surface area contributed by atoms with Gasteiger partial charge in [0, 0.05) is 6.54 Å². The second-order valence-electron chi connectivity index (χ2n) is 1.62. The van der Waals surface area contributed by atoms with Crippen molar-refractivity contribution in [2.45, 2.75) is 19.8 Å². The van der Waals surface area contributed by atoms with E-state index in [9.17, 15) is 0 Å². The second kappa shape index (κ2) is 6.45. The summed E-state index contributed by atoms with van der Waals surface area (Å²) in [5.41, 5.74) is 0. The van der Waals surface area contributed by atoms with Crippen molar-refractivity contribution in [1.82, 2.24) is 5.32 Å². The molecule has 0 aromatic carbocycles. The van der Waals surface area contributed by atoms with Crippen LogP contribution in [0, 0.1) is 11.3 Å². The van der Waals surface area contributed by atoms with Crippen LogP contribution < -0.4 is 5.32 Å². The van der Waals surface area contributed by atoms with Crippen LogP contribution in [0.15, 0.2) is 0 Å². The van der Waals surface area contributed by atoms with Crippen LogP contribution in [0.2, 0.25) is 0 Å². The van der Waals surface area contributed by atoms with E-state index in [1.807, 2.05) is 6.07 Å². The molecule has 0 amide bonds. The largest absolute Gasteiger partial charge is 0.227 e. The Labute approximate surface area is 50.5 Å². The quantitative estimate of drug-likeness (QED) is 0.392. The van der Waals surface area contributed by atoms with E-state index in [2.05, 4.69) is 12.2 Å². The molecule has 0 bridgehead atoms. The summed E-state index contributed by atoms with van der Waals surface area (Å²) in [6, 6.07) is 1.96. The van der Waals surface area contributed by atoms with Crippen molar-refractivity contribution in [3.05, 3.63) is 0 Å². The lowest BCUT2D eigenvalue weighted by atomic mass is 10.3. The molecule has 0 aliphatic heterocycles. The molecule has 0 saturated carbocycles. The molecule has 0 atom stereocenters. The predicted octanol–water partition coefficient (Wildman–Crippen LogP) is 0.914. The van der Waals surface area contributed by atoms with Crippen LogP contribution in [0.3, 0.4) is 0 Å². The highest BCUT2D eigenvalue weighted by atomic mass is 14.8. The molecule has 2 heteroatoms. The maximum absolute atomic E-state index is 8.02. The van der Waals surface area contributed by atoms with Gasteiger partial charge >= 0.3 is 0 Å². The van der Waals surface area contributed by atoms with Crippen LogP contribution >= 0.6 is 0 Å². The molecule has 0 aliphatic rings. The molecular weight excluding hydrogens is 100 g/mol. The molecule has 0 aromatic heterocycles. The highest BCUT2D eigenvalue weighted by Gasteiger charge is 1.82. The van der Waals surface area contributed by atoms with Crippen molar-refractivity contribution in [3.63, 3.8) is 0 Å². The third-order valence-corrected chi connectivity index (χ3v) is 0.852. The van der Waals surface area contributed by atoms with E-state index < -0.39 is 0 Å². The van der Waals surface area contributed by atoms with Gasteiger partial charge in [-0.05, 0) is 6.42 Å². The summed E-state index contributed by atoms with van der Waals surface area (Å²) < 4.78 is 0. The van der Waals surface area contributed by atoms with Crippen LogP contribution in [0.25, 0.3) is 0 Å². The van der Waals surface area contributed by atoms with Crippen molar-refractivity contribution in [2.24, 2.45) is 0 Å². The maximum atomic E-state index is 8.02. The fraction of sp³-hybridized carbons (Fsp3) is 0.833. The molecule has 1 radical (unpaired) electrons. The van der Waals surface area contributed by atoms with E-state index in [0.29, 0.717) is 6.54 Å². The highest BCUT2D eigenvalue weighted by Crippen LogP contribution is 1.81. The normalized spacial score (nSPS) is 8.50. The van der Waals surface area contributed by atoms with E-state index in [4.69, 9.17) is 5.26 Å². The Balaban J connectivity index is 2.65. The summed E-state index contributed by atoms with van der Waals surface area (Å²) >= 11 is 0. The third kappa shape index (κ3) is 5.45. The van der Waals surface area contributed by atoms with Crippen LogP contribution in [-0.4, -0.2) is 13.1 Å². The number of nitriles is 1. The topological polar surface area (TPSA) is 37.9 Å². The Morgan fingerprint density at radius 1 is 1.62 bits per heavy atom. The van der Waals surface area contributed by atoms with Gasteiger partial charge in [-0.3, -0.25) is 0 Å². The minimum atomic E-state index is 0.361. The summed E-state index contributed by atoms with van der Waals surface area (Å²) in [6.07, 6.45) is 2.27. The molecule has 0 heterocycles. The van der Waals surface area contributed by atoms with Crippen molar-refractivity contribution in [1.29, 1.82) is 5.26 Å². The fourth-order valence-electron chi connectivity index (χ4n) is 0.399. The molecule has 0 fully saturated rings. The third-order valence-electron chi connectivity index (χ3n) is 0.852. The molecule has 0 unspecified atom stereocenters. The van der Waals surface area contributed by atoms with Crippen LogP contribution in [0.5, 0.6) is 0 Å². The number of nitrogens with zero attached hydrogens (tertiary/aromatic N) is 2. The first-order chi connectivity index (χ1) is 3.91. The lowest BCUT2D eigenvalue weighted by molar-refractivity contribution is 0.673. The zero-order chi connectivity index (χ0) is 6.24. The average Bonchev–Trinajstić information content (AvgIpc) is 1.81. The van der Waals surface area contributed by atoms with Crippen LogP contribution in [0.4, 0.5) is 0 Å². The molecule has 0 N–H and O–H groups in total. The van der Waals surface area contributed by atoms with Gasteiger partial charge in [-0.25, -0.2) is 5.32 Å². The lowest BCUT2D eigenvalue weighted by Gasteiger charge is -1.90. The summed E-state index contributed by atoms with van der Waals surface area (Å²) in [5, 5.41) is 11.9. The van der Waals surface area contributed by atoms with Crippen LogP contribution in [0.1, 0.15) is 19.8 Å². The molecule has 0 rings (SSSR count). The van der Waals surface area contributed by atoms with Crippen molar-refractivity contribution in [2.75, 3.05) is 13.1 Å². The zero-order valence-corrected chi connectivity index (χ0v) is 5.22. The van der Waals surface area contributed by atoms with Crippen molar-refractivity contribution >= 4 is 0 Å². The molecule has 45 valence electrons. The van der Waals surface area contributed by atoms with Gasteiger partial charge in [0.1, 0.15) is 6.54 Å². The lowest BCUT2D eigenvalue weighted by Crippen LogP contribution is -2.05. The van der Waals surface area contributed by atoms with Crippen molar-refractivity contribution in [3.8, 4) is 6.07 Å². The molecule has 2 nitrogen and oxygen atoms in total. The Kier molecular flexibility index (Phi) is 6.01. The van der Waals surface area contributed by atoms with E-state index in [1.165, 1.54) is 0 Å². The second-order valence-corrected chi connectivity index (χ2v) is 1.62. The monoisotopic (exact) mass is 111 g/mol. The summed E-state index contributed by atoms with van der Waals surface area (Å²) in [6.45, 7) is 3.33. The van der Waals surface area contributed by atoms with Crippen LogP contribution in [-0.2, 0) is 0 Å². The van der Waals surface area contributed by atoms with Crippen molar-refractivity contribution < 1.29 is 0 Å². The first-order valence-corrected chi connectivity index (χ1v) is 2.92. The molecule has 0 saturated heterocycles. The van der Waals surface area contributed by atoms with Gasteiger partial charge in [-0.2, -0.15) is 5.26 Å². The van der Waals surface area contributed by atoms with Gasteiger partial charge < -0.3 is 0 Å². The SMILES string of the molecule is CCCC[N]CC#N. The van der Waals surface area contributed by atoms with E-state index >= 15 is 0 Å². The Morgan fingerprint density at radius 2 is 2.38 bits per heavy atom. The Morgan fingerprint density at radius 3 is 2.88 bits per heavy atom. The minimum Gasteiger partial charge on any atom is -0.227 e. The van der Waals surface area contributed by atoms with Gasteiger partial charge in [-0.1, -0.05) is 13.3 Å². The maximum Gasteiger partial charge on any atom is 0.101 e. The number of hydrogen-bond donors (Lipinski definition) is 0. The average molecular weight is 111 g/mol. The number of rotatable bonds is 4. The number of hydrogen-bond acceptors (Lipinski definition) is 1. The smallest absolute Gasteiger partial charge is 0.101 e. The van der Waals surface area contributed by atoms with Gasteiger partial charge in [0.2, 0.25) is 0 Å². The molecule has 0 spiro atoms. The zero-order valence-electron chi connectivity index (χ0n) is 5.22. The molecule has 8 heavy (non-hydrogen) atoms. The number of unbranched alkanes of at least 4 members (excludes halogenated alkanes) is 1. The molecule has 0 aromatic rings. The van der Waals surface area contributed by atoms with E-state index in [-0.39, 0.29) is 0 Å². The van der Waals surface area contributed by atoms with Gasteiger partial charge in [0.25, 0.3) is 0 Å². The first kappa shape index (κ1) is 7.45. The summed E-state index contributed by atoms with van der Waals surface area (Å²) in [5.74, 6) is 0. The minimum absolute atomic E-state index is 0.361. The fourth-order valence-corrected chi connectivity index (χ4v) is 0.399. The first-order valence-electron chi connectivity index (χ1n) is 2.92. The van der Waals surface area contributed by atoms with Gasteiger partial charge in [0.15, 0.2) is 0 Å². The standard InChI is InChI=1S/C6H11N2/c1-2-3-5-8-6-4-7/h2-3,5-6H2,1H3. The Hall–Kier alpha value is -0.550. The van der Waals surface area contributed by atoms with Gasteiger partial charge in [0.05, 0.1) is 6.07 Å². The summed E-state index contributed by atoms with van der Waals surface area (Å²) in [7, 11) is 0. The Bertz CT molecular complexity index is 73.1. The van der Waals surface area contributed by atoms with Gasteiger partial charge in [-0.15, -0.1) is 0 Å². The molecule has 0 aliphatic carbocycles. The highest BCUT2D eigenvalue weighted by molar-refractivity contribution is 4.71. The van der Waals surface area contributed by atoms with E-state index in [1.54, 1.807) is 0 Å². The van der Waals surface area contributed by atoms with E-state index in [0.717, 1.165) is 19.4 Å².